The van der Waals surface area contributed by atoms with Gasteiger partial charge in [0.1, 0.15) is 0 Å². The Labute approximate surface area is 164 Å². The van der Waals surface area contributed by atoms with Gasteiger partial charge in [0.2, 0.25) is 0 Å². The number of anilines is 1. The van der Waals surface area contributed by atoms with Crippen molar-refractivity contribution in [1.82, 2.24) is 5.43 Å². The van der Waals surface area contributed by atoms with E-state index in [0.717, 1.165) is 10.0 Å². The molecule has 0 saturated heterocycles. The fraction of sp³-hybridized carbons (Fsp3) is 0.0500. The second-order valence-electron chi connectivity index (χ2n) is 5.65. The normalized spacial score (nSPS) is 11.1. The largest absolute Gasteiger partial charge is 0.459 e. The molecule has 3 rings (SSSR count). The molecule has 27 heavy (non-hydrogen) atoms. The van der Waals surface area contributed by atoms with Crippen molar-refractivity contribution in [3.05, 3.63) is 88.3 Å². The zero-order chi connectivity index (χ0) is 19.2. The van der Waals surface area contributed by atoms with Crippen LogP contribution in [-0.4, -0.2) is 17.5 Å². The Morgan fingerprint density at radius 2 is 1.59 bits per heavy atom. The summed E-state index contributed by atoms with van der Waals surface area (Å²) in [5, 5.41) is 6.87. The summed E-state index contributed by atoms with van der Waals surface area (Å²) in [6.45, 7) is 1.79. The summed E-state index contributed by atoms with van der Waals surface area (Å²) in [6.07, 6.45) is 1.44. The van der Waals surface area contributed by atoms with E-state index in [4.69, 9.17) is 4.42 Å². The predicted octanol–water partition coefficient (Wildman–Crippen LogP) is 4.45. The number of halogens is 1. The molecule has 7 heteroatoms. The van der Waals surface area contributed by atoms with E-state index in [0.29, 0.717) is 17.0 Å². The Hall–Kier alpha value is -3.19. The Morgan fingerprint density at radius 1 is 0.926 bits per heavy atom. The minimum Gasteiger partial charge on any atom is -0.459 e. The molecule has 2 amide bonds. The van der Waals surface area contributed by atoms with Crippen LogP contribution in [0.4, 0.5) is 5.69 Å². The molecule has 0 spiro atoms. The van der Waals surface area contributed by atoms with Gasteiger partial charge in [-0.3, -0.25) is 9.59 Å². The molecule has 0 aliphatic heterocycles. The number of carbonyl (C=O) groups excluding carboxylic acids is 2. The maximum absolute atomic E-state index is 12.1. The minimum atomic E-state index is -0.320. The Kier molecular flexibility index (Phi) is 5.83. The number of nitrogens with zero attached hydrogens (tertiary/aromatic N) is 1. The zero-order valence-electron chi connectivity index (χ0n) is 14.4. The van der Waals surface area contributed by atoms with Crippen molar-refractivity contribution in [3.8, 4) is 0 Å². The third kappa shape index (κ3) is 4.92. The second-order valence-corrected chi connectivity index (χ2v) is 6.57. The highest BCUT2D eigenvalue weighted by molar-refractivity contribution is 9.10. The van der Waals surface area contributed by atoms with E-state index >= 15 is 0 Å². The lowest BCUT2D eigenvalue weighted by atomic mass is 10.1. The Bertz CT molecular complexity index is 963. The molecule has 0 atom stereocenters. The van der Waals surface area contributed by atoms with Gasteiger partial charge in [-0.15, -0.1) is 0 Å². The standard InChI is InChI=1S/C20H16BrN3O3/c1-13(23-24-19(25)15-4-8-16(21)9-5-15)14-6-10-17(11-7-14)22-20(26)18-3-2-12-27-18/h2-12H,1H3,(H,22,26)(H,24,25). The van der Waals surface area contributed by atoms with Crippen LogP contribution < -0.4 is 10.7 Å². The topological polar surface area (TPSA) is 83.7 Å². The first-order chi connectivity index (χ1) is 13.0. The molecule has 0 fully saturated rings. The van der Waals surface area contributed by atoms with E-state index < -0.39 is 0 Å². The molecule has 0 bridgehead atoms. The fourth-order valence-corrected chi connectivity index (χ4v) is 2.52. The van der Waals surface area contributed by atoms with Crippen LogP contribution in [0.15, 0.2) is 80.9 Å². The first-order valence-electron chi connectivity index (χ1n) is 8.08. The van der Waals surface area contributed by atoms with Gasteiger partial charge in [-0.2, -0.15) is 5.10 Å². The molecule has 6 nitrogen and oxygen atoms in total. The molecular weight excluding hydrogens is 410 g/mol. The highest BCUT2D eigenvalue weighted by Gasteiger charge is 2.09. The minimum absolute atomic E-state index is 0.243. The van der Waals surface area contributed by atoms with Crippen LogP contribution in [0.2, 0.25) is 0 Å². The fourth-order valence-electron chi connectivity index (χ4n) is 2.26. The van der Waals surface area contributed by atoms with Crippen LogP contribution in [0.5, 0.6) is 0 Å². The maximum Gasteiger partial charge on any atom is 0.291 e. The Morgan fingerprint density at radius 3 is 2.22 bits per heavy atom. The second kappa shape index (κ2) is 8.46. The summed E-state index contributed by atoms with van der Waals surface area (Å²) in [6, 6.07) is 17.4. The third-order valence-electron chi connectivity index (χ3n) is 3.74. The monoisotopic (exact) mass is 425 g/mol. The van der Waals surface area contributed by atoms with Gasteiger partial charge in [0.25, 0.3) is 11.8 Å². The van der Waals surface area contributed by atoms with Crippen LogP contribution in [0, 0.1) is 0 Å². The molecule has 0 aliphatic rings. The van der Waals surface area contributed by atoms with Crippen molar-refractivity contribution in [2.24, 2.45) is 5.10 Å². The molecule has 1 heterocycles. The average molecular weight is 426 g/mol. The van der Waals surface area contributed by atoms with Crippen LogP contribution >= 0.6 is 15.9 Å². The summed E-state index contributed by atoms with van der Waals surface area (Å²) in [5.41, 5.74) is 5.15. The smallest absolute Gasteiger partial charge is 0.291 e. The van der Waals surface area contributed by atoms with Gasteiger partial charge in [-0.05, 0) is 61.0 Å². The summed E-state index contributed by atoms with van der Waals surface area (Å²) in [5.74, 6) is -0.364. The number of amides is 2. The van der Waals surface area contributed by atoms with Gasteiger partial charge in [0.15, 0.2) is 5.76 Å². The zero-order valence-corrected chi connectivity index (χ0v) is 16.0. The van der Waals surface area contributed by atoms with Gasteiger partial charge in [-0.1, -0.05) is 28.1 Å². The summed E-state index contributed by atoms with van der Waals surface area (Å²) in [4.78, 5) is 24.0. The molecule has 0 unspecified atom stereocenters. The SMILES string of the molecule is CC(=NNC(=O)c1ccc(Br)cc1)c1ccc(NC(=O)c2ccco2)cc1. The molecule has 3 aromatic rings. The number of hydrazone groups is 1. The highest BCUT2D eigenvalue weighted by Crippen LogP contribution is 2.13. The van der Waals surface area contributed by atoms with Crippen molar-refractivity contribution >= 4 is 39.1 Å². The summed E-state index contributed by atoms with van der Waals surface area (Å²) < 4.78 is 5.95. The van der Waals surface area contributed by atoms with Crippen LogP contribution in [-0.2, 0) is 0 Å². The number of carbonyl (C=O) groups is 2. The Balaban J connectivity index is 1.62. The van der Waals surface area contributed by atoms with Crippen molar-refractivity contribution in [1.29, 1.82) is 0 Å². The van der Waals surface area contributed by atoms with Crippen molar-refractivity contribution in [2.45, 2.75) is 6.92 Å². The van der Waals surface area contributed by atoms with E-state index in [1.54, 1.807) is 55.5 Å². The molecular formula is C20H16BrN3O3. The van der Waals surface area contributed by atoms with E-state index in [2.05, 4.69) is 31.8 Å². The van der Waals surface area contributed by atoms with Gasteiger partial charge in [-0.25, -0.2) is 5.43 Å². The van der Waals surface area contributed by atoms with Crippen LogP contribution in [0.3, 0.4) is 0 Å². The lowest BCUT2D eigenvalue weighted by Gasteiger charge is -2.06. The number of furan rings is 1. The van der Waals surface area contributed by atoms with E-state index in [-0.39, 0.29) is 17.6 Å². The van der Waals surface area contributed by atoms with Crippen molar-refractivity contribution in [2.75, 3.05) is 5.32 Å². The van der Waals surface area contributed by atoms with Crippen LogP contribution in [0.25, 0.3) is 0 Å². The molecule has 2 N–H and O–H groups in total. The van der Waals surface area contributed by atoms with Gasteiger partial charge >= 0.3 is 0 Å². The molecule has 136 valence electrons. The summed E-state index contributed by atoms with van der Waals surface area (Å²) >= 11 is 3.33. The van der Waals surface area contributed by atoms with Gasteiger partial charge in [0, 0.05) is 15.7 Å². The molecule has 0 saturated carbocycles. The maximum atomic E-state index is 12.1. The first-order valence-corrected chi connectivity index (χ1v) is 8.88. The predicted molar refractivity (Wildman–Crippen MR) is 107 cm³/mol. The average Bonchev–Trinajstić information content (AvgIpc) is 3.22. The van der Waals surface area contributed by atoms with Crippen molar-refractivity contribution in [3.63, 3.8) is 0 Å². The number of nitrogens with one attached hydrogen (secondary N) is 2. The lowest BCUT2D eigenvalue weighted by molar-refractivity contribution is 0.0953. The van der Waals surface area contributed by atoms with E-state index in [1.165, 1.54) is 6.26 Å². The lowest BCUT2D eigenvalue weighted by Crippen LogP contribution is -2.19. The van der Waals surface area contributed by atoms with Gasteiger partial charge < -0.3 is 9.73 Å². The van der Waals surface area contributed by atoms with E-state index in [9.17, 15) is 9.59 Å². The molecule has 0 aliphatic carbocycles. The third-order valence-corrected chi connectivity index (χ3v) is 4.27. The summed E-state index contributed by atoms with van der Waals surface area (Å²) in [7, 11) is 0. The first kappa shape index (κ1) is 18.6. The van der Waals surface area contributed by atoms with Gasteiger partial charge in [0.05, 0.1) is 12.0 Å². The highest BCUT2D eigenvalue weighted by atomic mass is 79.9. The number of rotatable bonds is 5. The molecule has 1 aromatic heterocycles. The number of benzene rings is 2. The quantitative estimate of drug-likeness (QED) is 0.467. The van der Waals surface area contributed by atoms with Crippen molar-refractivity contribution < 1.29 is 14.0 Å². The van der Waals surface area contributed by atoms with Crippen LogP contribution in [0.1, 0.15) is 33.4 Å². The number of hydrogen-bond donors (Lipinski definition) is 2. The molecule has 0 radical (unpaired) electrons. The molecule has 2 aromatic carbocycles. The van der Waals surface area contributed by atoms with E-state index in [1.807, 2.05) is 12.1 Å². The number of hydrogen-bond acceptors (Lipinski definition) is 4.